The Labute approximate surface area is 168 Å². The summed E-state index contributed by atoms with van der Waals surface area (Å²) in [5.74, 6) is -0.451. The largest absolute Gasteiger partial charge is 0.465 e. The number of carbonyl (C=O) groups excluding carboxylic acids is 2. The summed E-state index contributed by atoms with van der Waals surface area (Å²) in [7, 11) is 1.30. The van der Waals surface area contributed by atoms with Crippen LogP contribution in [0.4, 0.5) is 0 Å². The van der Waals surface area contributed by atoms with Crippen molar-refractivity contribution in [3.63, 3.8) is 0 Å². The highest BCUT2D eigenvalue weighted by molar-refractivity contribution is 7.71. The summed E-state index contributed by atoms with van der Waals surface area (Å²) in [6.45, 7) is 0.362. The summed E-state index contributed by atoms with van der Waals surface area (Å²) >= 11 is 5.30. The zero-order valence-electron chi connectivity index (χ0n) is 16.0. The van der Waals surface area contributed by atoms with E-state index in [2.05, 4.69) is 10.3 Å². The molecule has 1 aliphatic rings. The maximum Gasteiger partial charge on any atom is 0.337 e. The number of methoxy groups -OCH3 is 1. The molecule has 7 nitrogen and oxygen atoms in total. The van der Waals surface area contributed by atoms with Crippen LogP contribution in [0.3, 0.4) is 0 Å². The lowest BCUT2D eigenvalue weighted by molar-refractivity contribution is -0.122. The Morgan fingerprint density at radius 3 is 2.75 bits per heavy atom. The predicted octanol–water partition coefficient (Wildman–Crippen LogP) is 3.07. The lowest BCUT2D eigenvalue weighted by atomic mass is 9.95. The Balaban J connectivity index is 1.67. The first kappa shape index (κ1) is 20.3. The molecule has 3 rings (SSSR count). The lowest BCUT2D eigenvalue weighted by Gasteiger charge is -2.22. The molecule has 0 bridgehead atoms. The molecule has 0 radical (unpaired) electrons. The fraction of sp³-hybridized carbons (Fsp3) is 0.500. The smallest absolute Gasteiger partial charge is 0.337 e. The van der Waals surface area contributed by atoms with Crippen molar-refractivity contribution in [2.75, 3.05) is 7.11 Å². The van der Waals surface area contributed by atoms with Crippen molar-refractivity contribution in [1.29, 1.82) is 0 Å². The molecule has 150 valence electrons. The van der Waals surface area contributed by atoms with Crippen LogP contribution >= 0.6 is 12.2 Å². The Kier molecular flexibility index (Phi) is 6.61. The highest BCUT2D eigenvalue weighted by Crippen LogP contribution is 2.17. The van der Waals surface area contributed by atoms with Crippen LogP contribution in [0.15, 0.2) is 23.0 Å². The summed E-state index contributed by atoms with van der Waals surface area (Å²) in [6, 6.07) is 4.98. The van der Waals surface area contributed by atoms with Crippen molar-refractivity contribution in [2.24, 2.45) is 0 Å². The molecule has 8 heteroatoms. The van der Waals surface area contributed by atoms with Gasteiger partial charge in [0.1, 0.15) is 0 Å². The van der Waals surface area contributed by atoms with Gasteiger partial charge in [-0.1, -0.05) is 19.3 Å². The van der Waals surface area contributed by atoms with Gasteiger partial charge in [-0.2, -0.15) is 0 Å². The molecule has 28 heavy (non-hydrogen) atoms. The van der Waals surface area contributed by atoms with E-state index in [9.17, 15) is 14.4 Å². The number of aromatic amines is 1. The van der Waals surface area contributed by atoms with Crippen LogP contribution in [-0.2, 0) is 16.1 Å². The molecule has 0 spiro atoms. The van der Waals surface area contributed by atoms with Crippen molar-refractivity contribution in [3.05, 3.63) is 38.9 Å². The van der Waals surface area contributed by atoms with E-state index in [1.807, 2.05) is 0 Å². The highest BCUT2D eigenvalue weighted by Gasteiger charge is 2.16. The summed E-state index contributed by atoms with van der Waals surface area (Å²) in [4.78, 5) is 39.5. The second-order valence-electron chi connectivity index (χ2n) is 7.14. The normalized spacial score (nSPS) is 14.8. The van der Waals surface area contributed by atoms with Crippen molar-refractivity contribution in [1.82, 2.24) is 14.9 Å². The Morgan fingerprint density at radius 1 is 1.29 bits per heavy atom. The minimum atomic E-state index is -0.477. The van der Waals surface area contributed by atoms with Gasteiger partial charge in [0.25, 0.3) is 5.56 Å². The zero-order valence-corrected chi connectivity index (χ0v) is 16.8. The van der Waals surface area contributed by atoms with Gasteiger partial charge in [-0.25, -0.2) is 4.79 Å². The predicted molar refractivity (Wildman–Crippen MR) is 109 cm³/mol. The molecule has 1 aromatic heterocycles. The molecule has 2 N–H and O–H groups in total. The van der Waals surface area contributed by atoms with E-state index in [-0.39, 0.29) is 22.3 Å². The van der Waals surface area contributed by atoms with E-state index in [1.54, 1.807) is 18.2 Å². The van der Waals surface area contributed by atoms with Gasteiger partial charge in [-0.15, -0.1) is 0 Å². The molecule has 1 amide bonds. The van der Waals surface area contributed by atoms with E-state index in [0.717, 1.165) is 12.8 Å². The second-order valence-corrected chi connectivity index (χ2v) is 7.53. The van der Waals surface area contributed by atoms with Crippen LogP contribution < -0.4 is 10.9 Å². The number of hydrogen-bond acceptors (Lipinski definition) is 5. The van der Waals surface area contributed by atoms with E-state index in [4.69, 9.17) is 17.0 Å². The van der Waals surface area contributed by atoms with Gasteiger partial charge in [-0.05, 0) is 49.7 Å². The van der Waals surface area contributed by atoms with Crippen LogP contribution in [0.25, 0.3) is 10.9 Å². The van der Waals surface area contributed by atoms with Gasteiger partial charge in [-0.3, -0.25) is 14.2 Å². The number of rotatable bonds is 6. The van der Waals surface area contributed by atoms with Crippen LogP contribution in [0, 0.1) is 4.77 Å². The lowest BCUT2D eigenvalue weighted by Crippen LogP contribution is -2.36. The van der Waals surface area contributed by atoms with E-state index in [1.165, 1.54) is 30.9 Å². The third-order valence-corrected chi connectivity index (χ3v) is 5.48. The molecular formula is C20H25N3O4S. The van der Waals surface area contributed by atoms with Crippen molar-refractivity contribution < 1.29 is 14.3 Å². The molecule has 0 atom stereocenters. The SMILES string of the molecule is COC(=O)c1ccc2c(=O)n(CCCC(=O)NC3CCCCC3)c(=S)[nH]c2c1. The first-order valence-corrected chi connectivity index (χ1v) is 10.0. The molecule has 0 saturated heterocycles. The quantitative estimate of drug-likeness (QED) is 0.571. The van der Waals surface area contributed by atoms with Gasteiger partial charge in [0.15, 0.2) is 4.77 Å². The van der Waals surface area contributed by atoms with Crippen molar-refractivity contribution in [3.8, 4) is 0 Å². The third-order valence-electron chi connectivity index (χ3n) is 5.16. The Bertz CT molecular complexity index is 989. The maximum atomic E-state index is 12.8. The first-order valence-electron chi connectivity index (χ1n) is 9.64. The Morgan fingerprint density at radius 2 is 2.04 bits per heavy atom. The summed E-state index contributed by atoms with van der Waals surface area (Å²) < 4.78 is 6.43. The number of esters is 1. The summed E-state index contributed by atoms with van der Waals surface area (Å²) in [5.41, 5.74) is 0.601. The van der Waals surface area contributed by atoms with Gasteiger partial charge in [0, 0.05) is 19.0 Å². The van der Waals surface area contributed by atoms with E-state index in [0.29, 0.717) is 35.9 Å². The van der Waals surface area contributed by atoms with Crippen LogP contribution in [0.2, 0.25) is 0 Å². The molecule has 2 aromatic rings. The number of nitrogens with one attached hydrogen (secondary N) is 2. The Hall–Kier alpha value is -2.48. The number of aromatic nitrogens is 2. The molecule has 1 fully saturated rings. The number of amides is 1. The number of ether oxygens (including phenoxy) is 1. The standard InChI is InChI=1S/C20H25N3O4S/c1-27-19(26)13-9-10-15-16(12-13)22-20(28)23(18(15)25)11-5-8-17(24)21-14-6-3-2-4-7-14/h9-10,12,14H,2-8,11H2,1H3,(H,21,24)(H,22,28). The average molecular weight is 404 g/mol. The van der Waals surface area contributed by atoms with Crippen molar-refractivity contribution in [2.45, 2.75) is 57.5 Å². The first-order chi connectivity index (χ1) is 13.5. The number of carbonyl (C=O) groups is 2. The zero-order chi connectivity index (χ0) is 20.1. The number of fused-ring (bicyclic) bond motifs is 1. The van der Waals surface area contributed by atoms with Gasteiger partial charge < -0.3 is 15.0 Å². The minimum Gasteiger partial charge on any atom is -0.465 e. The molecule has 1 heterocycles. The number of nitrogens with zero attached hydrogens (tertiary/aromatic N) is 1. The van der Waals surface area contributed by atoms with Crippen LogP contribution in [0.5, 0.6) is 0 Å². The molecule has 1 saturated carbocycles. The van der Waals surface area contributed by atoms with Gasteiger partial charge in [0.2, 0.25) is 5.91 Å². The van der Waals surface area contributed by atoms with E-state index >= 15 is 0 Å². The maximum absolute atomic E-state index is 12.8. The summed E-state index contributed by atoms with van der Waals surface area (Å²) in [5, 5.41) is 3.52. The second kappa shape index (κ2) is 9.14. The third kappa shape index (κ3) is 4.67. The van der Waals surface area contributed by atoms with E-state index < -0.39 is 5.97 Å². The highest BCUT2D eigenvalue weighted by atomic mass is 32.1. The fourth-order valence-corrected chi connectivity index (χ4v) is 3.93. The van der Waals surface area contributed by atoms with Crippen molar-refractivity contribution >= 4 is 35.0 Å². The average Bonchev–Trinajstić information content (AvgIpc) is 2.70. The molecule has 0 aliphatic heterocycles. The summed E-state index contributed by atoms with van der Waals surface area (Å²) in [6.07, 6.45) is 6.58. The molecule has 0 unspecified atom stereocenters. The molecule has 1 aliphatic carbocycles. The fourth-order valence-electron chi connectivity index (χ4n) is 3.65. The molecular weight excluding hydrogens is 378 g/mol. The number of benzene rings is 1. The minimum absolute atomic E-state index is 0.0263. The monoisotopic (exact) mass is 403 g/mol. The molecule has 1 aromatic carbocycles. The van der Waals surface area contributed by atoms with Gasteiger partial charge >= 0.3 is 5.97 Å². The number of H-pyrrole nitrogens is 1. The van der Waals surface area contributed by atoms with Gasteiger partial charge in [0.05, 0.1) is 23.6 Å². The number of hydrogen-bond donors (Lipinski definition) is 2. The topological polar surface area (TPSA) is 93.2 Å². The van der Waals surface area contributed by atoms with Crippen LogP contribution in [-0.4, -0.2) is 34.6 Å². The van der Waals surface area contributed by atoms with Crippen LogP contribution in [0.1, 0.15) is 55.3 Å².